The van der Waals surface area contributed by atoms with E-state index in [1.165, 1.54) is 70.5 Å². The molecule has 3 aliphatic rings. The lowest BCUT2D eigenvalue weighted by Crippen LogP contribution is -2.29. The van der Waals surface area contributed by atoms with E-state index in [0.29, 0.717) is 0 Å². The number of rotatable bonds is 9. The van der Waals surface area contributed by atoms with Gasteiger partial charge in [-0.15, -0.1) is 0 Å². The predicted molar refractivity (Wildman–Crippen MR) is 169 cm³/mol. The Morgan fingerprint density at radius 1 is 0.725 bits per heavy atom. The van der Waals surface area contributed by atoms with Crippen molar-refractivity contribution in [2.45, 2.75) is 78.1 Å². The van der Waals surface area contributed by atoms with E-state index in [1.54, 1.807) is 0 Å². The van der Waals surface area contributed by atoms with Crippen LogP contribution < -0.4 is 9.64 Å². The first-order valence-corrected chi connectivity index (χ1v) is 15.3. The molecular weight excluding hydrogens is 486 g/mol. The second-order valence-electron chi connectivity index (χ2n) is 11.3. The molecule has 0 fully saturated rings. The van der Waals surface area contributed by atoms with Crippen molar-refractivity contribution in [1.29, 1.82) is 0 Å². The Bertz CT molecular complexity index is 1470. The maximum atomic E-state index is 6.36. The standard InChI is InChI=1S/C38H41NO/c1-3-5-11-28-17-21-30(22-18-28)33-26-25-32(27-34(33)31-23-19-29(20-24-31)12-6-4-2)39-35-13-7-9-15-37(35)40-38-16-10-8-14-36(38)39/h7,9-10,13,15-24,27H,3-6,8,11-12,14,25-26H2,1-2H3. The summed E-state index contributed by atoms with van der Waals surface area (Å²) in [7, 11) is 0. The molecule has 1 aliphatic heterocycles. The van der Waals surface area contributed by atoms with Gasteiger partial charge >= 0.3 is 0 Å². The molecule has 2 aliphatic carbocycles. The maximum Gasteiger partial charge on any atom is 0.151 e. The molecule has 0 saturated carbocycles. The highest BCUT2D eigenvalue weighted by Crippen LogP contribution is 2.46. The van der Waals surface area contributed by atoms with Gasteiger partial charge in [-0.25, -0.2) is 0 Å². The summed E-state index contributed by atoms with van der Waals surface area (Å²) in [5, 5.41) is 0. The third kappa shape index (κ3) is 5.45. The average Bonchev–Trinajstić information content (AvgIpc) is 3.02. The topological polar surface area (TPSA) is 12.5 Å². The van der Waals surface area contributed by atoms with Crippen LogP contribution >= 0.6 is 0 Å². The highest BCUT2D eigenvalue weighted by molar-refractivity contribution is 5.97. The van der Waals surface area contributed by atoms with Gasteiger partial charge in [0.1, 0.15) is 5.76 Å². The average molecular weight is 528 g/mol. The van der Waals surface area contributed by atoms with Crippen LogP contribution in [-0.4, -0.2) is 0 Å². The molecule has 2 heteroatoms. The fourth-order valence-electron chi connectivity index (χ4n) is 6.20. The Morgan fingerprint density at radius 2 is 1.40 bits per heavy atom. The van der Waals surface area contributed by atoms with Gasteiger partial charge in [-0.05, 0) is 109 Å². The molecule has 0 radical (unpaired) electrons. The fourth-order valence-corrected chi connectivity index (χ4v) is 6.20. The third-order valence-electron chi connectivity index (χ3n) is 8.46. The minimum absolute atomic E-state index is 0.938. The molecule has 0 saturated heterocycles. The number of nitrogens with zero attached hydrogens (tertiary/aromatic N) is 1. The van der Waals surface area contributed by atoms with E-state index < -0.39 is 0 Å². The van der Waals surface area contributed by atoms with E-state index in [1.807, 2.05) is 0 Å². The molecule has 0 spiro atoms. The Labute approximate surface area is 240 Å². The Morgan fingerprint density at radius 3 is 2.10 bits per heavy atom. The quantitative estimate of drug-likeness (QED) is 0.274. The zero-order valence-electron chi connectivity index (χ0n) is 24.1. The fraction of sp³-hybridized carbons (Fsp3) is 0.316. The lowest BCUT2D eigenvalue weighted by atomic mass is 9.85. The van der Waals surface area contributed by atoms with Gasteiger partial charge in [0.05, 0.1) is 11.4 Å². The van der Waals surface area contributed by atoms with Crippen LogP contribution in [0.4, 0.5) is 5.69 Å². The van der Waals surface area contributed by atoms with Crippen LogP contribution in [0, 0.1) is 0 Å². The number of hydrogen-bond acceptors (Lipinski definition) is 2. The van der Waals surface area contributed by atoms with Crippen LogP contribution in [0.1, 0.15) is 87.5 Å². The minimum atomic E-state index is 0.938. The molecule has 0 N–H and O–H groups in total. The number of allylic oxidation sites excluding steroid dienone is 7. The number of hydrogen-bond donors (Lipinski definition) is 0. The first-order chi connectivity index (χ1) is 19.7. The number of unbranched alkanes of at least 4 members (excludes halogenated alkanes) is 2. The summed E-state index contributed by atoms with van der Waals surface area (Å²) in [5.41, 5.74) is 12.1. The van der Waals surface area contributed by atoms with Gasteiger partial charge < -0.3 is 9.64 Å². The predicted octanol–water partition coefficient (Wildman–Crippen LogP) is 10.4. The molecule has 1 heterocycles. The van der Waals surface area contributed by atoms with Crippen LogP contribution in [0.5, 0.6) is 5.75 Å². The van der Waals surface area contributed by atoms with Gasteiger partial charge in [-0.2, -0.15) is 0 Å². The van der Waals surface area contributed by atoms with Crippen molar-refractivity contribution in [3.8, 4) is 5.75 Å². The monoisotopic (exact) mass is 527 g/mol. The molecule has 2 nitrogen and oxygen atoms in total. The number of benzene rings is 3. The SMILES string of the molecule is CCCCc1ccc(C2=C(c3ccc(CCCC)cc3)CCC(N3C4=C(C=CCC4)Oc4ccccc43)=C2)cc1. The number of fused-ring (bicyclic) bond motifs is 1. The Balaban J connectivity index is 1.44. The second kappa shape index (κ2) is 12.2. The molecule has 0 aromatic heterocycles. The van der Waals surface area contributed by atoms with E-state index in [4.69, 9.17) is 4.74 Å². The summed E-state index contributed by atoms with van der Waals surface area (Å²) < 4.78 is 6.36. The molecule has 0 amide bonds. The summed E-state index contributed by atoms with van der Waals surface area (Å²) in [6.45, 7) is 4.53. The maximum absolute atomic E-state index is 6.36. The highest BCUT2D eigenvalue weighted by atomic mass is 16.5. The van der Waals surface area contributed by atoms with Crippen molar-refractivity contribution in [3.05, 3.63) is 130 Å². The molecule has 40 heavy (non-hydrogen) atoms. The molecule has 3 aromatic carbocycles. The van der Waals surface area contributed by atoms with Crippen molar-refractivity contribution < 1.29 is 4.74 Å². The van der Waals surface area contributed by atoms with Crippen LogP contribution in [0.15, 0.2) is 108 Å². The first kappa shape index (κ1) is 26.4. The largest absolute Gasteiger partial charge is 0.453 e. The van der Waals surface area contributed by atoms with E-state index in [2.05, 4.69) is 110 Å². The third-order valence-corrected chi connectivity index (χ3v) is 8.46. The number of para-hydroxylation sites is 2. The summed E-state index contributed by atoms with van der Waals surface area (Å²) >= 11 is 0. The van der Waals surface area contributed by atoms with Crippen molar-refractivity contribution >= 4 is 16.8 Å². The van der Waals surface area contributed by atoms with Crippen LogP contribution in [0.2, 0.25) is 0 Å². The number of aryl methyl sites for hydroxylation is 2. The molecule has 3 aromatic rings. The summed E-state index contributed by atoms with van der Waals surface area (Å²) in [5.74, 6) is 1.93. The lowest BCUT2D eigenvalue weighted by Gasteiger charge is -2.38. The van der Waals surface area contributed by atoms with Crippen LogP contribution in [0.25, 0.3) is 11.1 Å². The normalized spacial score (nSPS) is 16.4. The molecule has 0 unspecified atom stereocenters. The molecule has 6 rings (SSSR count). The van der Waals surface area contributed by atoms with Gasteiger partial charge in [0.25, 0.3) is 0 Å². The van der Waals surface area contributed by atoms with Gasteiger partial charge in [0, 0.05) is 5.70 Å². The molecule has 0 atom stereocenters. The molecule has 0 bridgehead atoms. The zero-order valence-corrected chi connectivity index (χ0v) is 24.1. The first-order valence-electron chi connectivity index (χ1n) is 15.3. The van der Waals surface area contributed by atoms with Crippen LogP contribution in [0.3, 0.4) is 0 Å². The van der Waals surface area contributed by atoms with Crippen molar-refractivity contribution in [1.82, 2.24) is 0 Å². The molecular formula is C38H41NO. The van der Waals surface area contributed by atoms with Crippen LogP contribution in [-0.2, 0) is 12.8 Å². The summed E-state index contributed by atoms with van der Waals surface area (Å²) in [6.07, 6.45) is 18.2. The summed E-state index contributed by atoms with van der Waals surface area (Å²) in [4.78, 5) is 2.50. The Kier molecular flexibility index (Phi) is 8.04. The zero-order chi connectivity index (χ0) is 27.3. The second-order valence-corrected chi connectivity index (χ2v) is 11.3. The lowest BCUT2D eigenvalue weighted by molar-refractivity contribution is 0.419. The van der Waals surface area contributed by atoms with Gasteiger partial charge in [0.15, 0.2) is 5.75 Å². The van der Waals surface area contributed by atoms with Gasteiger partial charge in [0.2, 0.25) is 0 Å². The van der Waals surface area contributed by atoms with E-state index in [0.717, 1.165) is 55.7 Å². The minimum Gasteiger partial charge on any atom is -0.453 e. The van der Waals surface area contributed by atoms with Crippen molar-refractivity contribution in [2.75, 3.05) is 4.90 Å². The smallest absolute Gasteiger partial charge is 0.151 e. The van der Waals surface area contributed by atoms with Gasteiger partial charge in [-0.1, -0.05) is 93.4 Å². The van der Waals surface area contributed by atoms with E-state index in [-0.39, 0.29) is 0 Å². The van der Waals surface area contributed by atoms with Crippen molar-refractivity contribution in [2.24, 2.45) is 0 Å². The van der Waals surface area contributed by atoms with Gasteiger partial charge in [-0.3, -0.25) is 0 Å². The Hall–Kier alpha value is -3.78. The van der Waals surface area contributed by atoms with Crippen molar-refractivity contribution in [3.63, 3.8) is 0 Å². The number of anilines is 1. The highest BCUT2D eigenvalue weighted by Gasteiger charge is 2.31. The van der Waals surface area contributed by atoms with E-state index in [9.17, 15) is 0 Å². The van der Waals surface area contributed by atoms with E-state index >= 15 is 0 Å². The molecule has 204 valence electrons. The number of ether oxygens (including phenoxy) is 1. The summed E-state index contributed by atoms with van der Waals surface area (Å²) in [6, 6.07) is 27.2.